The summed E-state index contributed by atoms with van der Waals surface area (Å²) in [5.41, 5.74) is 0. The number of phosphoric acid groups is 1. The van der Waals surface area contributed by atoms with Gasteiger partial charge < -0.3 is 4.89 Å². The average molecular weight is 166 g/mol. The first-order valence-electron chi connectivity index (χ1n) is 3.17. The maximum Gasteiger partial charge on any atom is 0.472 e. The molecule has 1 heterocycles. The second-order valence-corrected chi connectivity index (χ2v) is 4.06. The maximum absolute atomic E-state index is 10.6. The molecule has 2 unspecified atom stereocenters. The highest BCUT2D eigenvalue weighted by Gasteiger charge is 2.36. The van der Waals surface area contributed by atoms with E-state index in [0.29, 0.717) is 0 Å². The van der Waals surface area contributed by atoms with Crippen LogP contribution in [0.15, 0.2) is 0 Å². The summed E-state index contributed by atoms with van der Waals surface area (Å²) in [6.45, 7) is 4.06. The number of hydrogen-bond donors (Lipinski definition) is 1. The maximum atomic E-state index is 10.6. The van der Waals surface area contributed by atoms with E-state index in [0.717, 1.165) is 0 Å². The minimum atomic E-state index is -3.65. The molecule has 1 saturated heterocycles. The monoisotopic (exact) mass is 166 g/mol. The molecule has 0 aromatic heterocycles. The van der Waals surface area contributed by atoms with Gasteiger partial charge in [0.05, 0.1) is 12.7 Å². The Bertz CT molecular complexity index is 167. The van der Waals surface area contributed by atoms with Crippen LogP contribution < -0.4 is 0 Å². The second kappa shape index (κ2) is 2.62. The van der Waals surface area contributed by atoms with Crippen LogP contribution in [0.2, 0.25) is 0 Å². The summed E-state index contributed by atoms with van der Waals surface area (Å²) in [6.07, 6.45) is -0.226. The Balaban J connectivity index is 2.51. The number of phosphoric ester groups is 1. The van der Waals surface area contributed by atoms with E-state index >= 15 is 0 Å². The fourth-order valence-electron chi connectivity index (χ4n) is 0.714. The van der Waals surface area contributed by atoms with Crippen molar-refractivity contribution in [2.75, 3.05) is 6.61 Å². The van der Waals surface area contributed by atoms with E-state index in [-0.39, 0.29) is 18.6 Å². The van der Waals surface area contributed by atoms with Gasteiger partial charge in [0.25, 0.3) is 0 Å². The third-order valence-corrected chi connectivity index (χ3v) is 2.43. The van der Waals surface area contributed by atoms with Gasteiger partial charge in [0.2, 0.25) is 0 Å². The van der Waals surface area contributed by atoms with Gasteiger partial charge in [0.1, 0.15) is 0 Å². The van der Waals surface area contributed by atoms with Crippen LogP contribution in [0.1, 0.15) is 13.8 Å². The number of hydrogen-bond acceptors (Lipinski definition) is 3. The van der Waals surface area contributed by atoms with Crippen molar-refractivity contribution in [3.63, 3.8) is 0 Å². The molecule has 0 spiro atoms. The van der Waals surface area contributed by atoms with Crippen molar-refractivity contribution in [2.45, 2.75) is 20.0 Å². The third kappa shape index (κ3) is 1.80. The second-order valence-electron chi connectivity index (χ2n) is 2.65. The van der Waals surface area contributed by atoms with Gasteiger partial charge >= 0.3 is 7.82 Å². The van der Waals surface area contributed by atoms with Crippen LogP contribution in [0.3, 0.4) is 0 Å². The van der Waals surface area contributed by atoms with Crippen LogP contribution in [-0.2, 0) is 13.6 Å². The molecule has 0 aliphatic carbocycles. The zero-order chi connectivity index (χ0) is 7.78. The molecule has 1 aliphatic rings. The molecule has 2 atom stereocenters. The Kier molecular flexibility index (Phi) is 2.15. The molecule has 0 aromatic rings. The first-order valence-corrected chi connectivity index (χ1v) is 4.66. The Morgan fingerprint density at radius 2 is 2.30 bits per heavy atom. The Morgan fingerprint density at radius 3 is 2.50 bits per heavy atom. The van der Waals surface area contributed by atoms with Crippen molar-refractivity contribution >= 4 is 7.82 Å². The first-order chi connectivity index (χ1) is 4.51. The molecule has 0 aromatic carbocycles. The molecule has 0 amide bonds. The molecular weight excluding hydrogens is 155 g/mol. The van der Waals surface area contributed by atoms with Crippen LogP contribution in [0.25, 0.3) is 0 Å². The molecule has 1 aliphatic heterocycles. The van der Waals surface area contributed by atoms with Gasteiger partial charge in [-0.25, -0.2) is 4.57 Å². The molecule has 0 saturated carbocycles. The normalized spacial score (nSPS) is 41.0. The largest absolute Gasteiger partial charge is 0.472 e. The third-order valence-electron chi connectivity index (χ3n) is 1.41. The van der Waals surface area contributed by atoms with Crippen molar-refractivity contribution in [1.29, 1.82) is 0 Å². The molecule has 0 bridgehead atoms. The van der Waals surface area contributed by atoms with Gasteiger partial charge in [-0.3, -0.25) is 9.05 Å². The fraction of sp³-hybridized carbons (Fsp3) is 1.00. The SMILES string of the molecule is CC(C)C1COP(=O)(O)O1. The number of rotatable bonds is 1. The molecule has 60 valence electrons. The Morgan fingerprint density at radius 1 is 1.70 bits per heavy atom. The van der Waals surface area contributed by atoms with Crippen LogP contribution >= 0.6 is 7.82 Å². The van der Waals surface area contributed by atoms with E-state index < -0.39 is 7.82 Å². The highest BCUT2D eigenvalue weighted by molar-refractivity contribution is 7.47. The molecule has 10 heavy (non-hydrogen) atoms. The van der Waals surface area contributed by atoms with Crippen molar-refractivity contribution in [3.8, 4) is 0 Å². The minimum absolute atomic E-state index is 0.225. The summed E-state index contributed by atoms with van der Waals surface area (Å²) in [5.74, 6) is 0.225. The lowest BCUT2D eigenvalue weighted by atomic mass is 10.1. The molecule has 1 rings (SSSR count). The zero-order valence-electron chi connectivity index (χ0n) is 5.98. The lowest BCUT2D eigenvalue weighted by Crippen LogP contribution is -2.16. The van der Waals surface area contributed by atoms with Gasteiger partial charge in [0, 0.05) is 0 Å². The first kappa shape index (κ1) is 8.21. The summed E-state index contributed by atoms with van der Waals surface area (Å²) < 4.78 is 19.8. The smallest absolute Gasteiger partial charge is 0.302 e. The van der Waals surface area contributed by atoms with E-state index in [4.69, 9.17) is 9.42 Å². The standard InChI is InChI=1S/C5H11O4P/c1-4(2)5-3-8-10(6,7)9-5/h4-5H,3H2,1-2H3,(H,6,7). The summed E-state index contributed by atoms with van der Waals surface area (Å²) in [7, 11) is -3.65. The molecule has 4 nitrogen and oxygen atoms in total. The highest BCUT2D eigenvalue weighted by Crippen LogP contribution is 2.50. The molecule has 1 fully saturated rings. The van der Waals surface area contributed by atoms with Gasteiger partial charge in [-0.05, 0) is 5.92 Å². The summed E-state index contributed by atoms with van der Waals surface area (Å²) in [5, 5.41) is 0. The van der Waals surface area contributed by atoms with Gasteiger partial charge in [-0.1, -0.05) is 13.8 Å². The predicted octanol–water partition coefficient (Wildman–Crippen LogP) is 1.16. The van der Waals surface area contributed by atoms with E-state index in [1.54, 1.807) is 0 Å². The van der Waals surface area contributed by atoms with E-state index in [1.807, 2.05) is 13.8 Å². The van der Waals surface area contributed by atoms with Gasteiger partial charge in [-0.15, -0.1) is 0 Å². The van der Waals surface area contributed by atoms with Crippen LogP contribution in [0.5, 0.6) is 0 Å². The Labute approximate surface area is 59.8 Å². The van der Waals surface area contributed by atoms with Gasteiger partial charge in [0.15, 0.2) is 0 Å². The molecule has 1 N–H and O–H groups in total. The molecule has 5 heteroatoms. The predicted molar refractivity (Wildman–Crippen MR) is 35.5 cm³/mol. The lowest BCUT2D eigenvalue weighted by molar-refractivity contribution is 0.167. The molecule has 0 radical (unpaired) electrons. The van der Waals surface area contributed by atoms with Crippen molar-refractivity contribution in [2.24, 2.45) is 5.92 Å². The van der Waals surface area contributed by atoms with Crippen LogP contribution in [0.4, 0.5) is 0 Å². The van der Waals surface area contributed by atoms with Gasteiger partial charge in [-0.2, -0.15) is 0 Å². The quantitative estimate of drug-likeness (QED) is 0.594. The Hall–Kier alpha value is 0.110. The van der Waals surface area contributed by atoms with Crippen molar-refractivity contribution in [1.82, 2.24) is 0 Å². The van der Waals surface area contributed by atoms with E-state index in [9.17, 15) is 4.57 Å². The minimum Gasteiger partial charge on any atom is -0.302 e. The van der Waals surface area contributed by atoms with E-state index in [2.05, 4.69) is 4.52 Å². The average Bonchev–Trinajstić information content (AvgIpc) is 2.10. The van der Waals surface area contributed by atoms with Crippen molar-refractivity contribution in [3.05, 3.63) is 0 Å². The molecular formula is C5H11O4P. The summed E-state index contributed by atoms with van der Waals surface area (Å²) in [6, 6.07) is 0. The van der Waals surface area contributed by atoms with Crippen LogP contribution in [0, 0.1) is 5.92 Å². The highest BCUT2D eigenvalue weighted by atomic mass is 31.2. The lowest BCUT2D eigenvalue weighted by Gasteiger charge is -2.09. The summed E-state index contributed by atoms with van der Waals surface area (Å²) >= 11 is 0. The zero-order valence-corrected chi connectivity index (χ0v) is 6.88. The van der Waals surface area contributed by atoms with Crippen molar-refractivity contribution < 1.29 is 18.5 Å². The summed E-state index contributed by atoms with van der Waals surface area (Å²) in [4.78, 5) is 8.72. The van der Waals surface area contributed by atoms with Crippen LogP contribution in [-0.4, -0.2) is 17.6 Å². The van der Waals surface area contributed by atoms with E-state index in [1.165, 1.54) is 0 Å². The topological polar surface area (TPSA) is 55.8 Å². The fourth-order valence-corrected chi connectivity index (χ4v) is 1.76.